The molecule has 0 bridgehead atoms. The second-order valence-corrected chi connectivity index (χ2v) is 17.7. The lowest BCUT2D eigenvalue weighted by molar-refractivity contribution is -0.123. The molecule has 0 aliphatic carbocycles. The van der Waals surface area contributed by atoms with Crippen LogP contribution in [0, 0.1) is 22.7 Å². The zero-order valence-electron chi connectivity index (χ0n) is 32.2. The van der Waals surface area contributed by atoms with Crippen molar-refractivity contribution >= 4 is 59.2 Å². The minimum absolute atomic E-state index is 0.0184. The zero-order valence-corrected chi connectivity index (χ0v) is 33.9. The van der Waals surface area contributed by atoms with E-state index in [1.165, 1.54) is 13.8 Å². The first kappa shape index (κ1) is 44.4. The molecule has 4 aliphatic rings. The Labute approximate surface area is 336 Å². The highest BCUT2D eigenvalue weighted by molar-refractivity contribution is 8.00. The van der Waals surface area contributed by atoms with Crippen LogP contribution in [0.3, 0.4) is 0 Å². The van der Waals surface area contributed by atoms with E-state index >= 15 is 0 Å². The molecule has 4 saturated heterocycles. The molecule has 8 N–H and O–H groups in total. The van der Waals surface area contributed by atoms with Crippen molar-refractivity contribution in [3.63, 3.8) is 0 Å². The van der Waals surface area contributed by atoms with Crippen molar-refractivity contribution in [3.8, 4) is 12.1 Å². The Morgan fingerprint density at radius 3 is 1.34 bits per heavy atom. The summed E-state index contributed by atoms with van der Waals surface area (Å²) in [6.45, 7) is 4.04. The summed E-state index contributed by atoms with van der Waals surface area (Å²) in [5, 5.41) is 51.3. The number of urea groups is 2. The van der Waals surface area contributed by atoms with E-state index < -0.39 is 11.1 Å². The fourth-order valence-corrected chi connectivity index (χ4v) is 9.99. The van der Waals surface area contributed by atoms with Crippen LogP contribution in [0.25, 0.3) is 0 Å². The number of thioether (sulfide) groups is 2. The molecular formula is C36H56N12O6S2. The van der Waals surface area contributed by atoms with E-state index in [4.69, 9.17) is 0 Å². The number of fused-ring (bicyclic) bond motifs is 2. The van der Waals surface area contributed by atoms with Gasteiger partial charge in [-0.05, 0) is 52.4 Å². The number of amides is 8. The number of unbranched alkanes of at least 4 members (excludes halogenated alkanes) is 2. The molecule has 0 saturated carbocycles. The Morgan fingerprint density at radius 2 is 0.982 bits per heavy atom. The van der Waals surface area contributed by atoms with Crippen molar-refractivity contribution in [1.82, 2.24) is 42.5 Å². The van der Waals surface area contributed by atoms with Crippen LogP contribution in [0.5, 0.6) is 0 Å². The molecule has 308 valence electrons. The van der Waals surface area contributed by atoms with Crippen LogP contribution >= 0.6 is 23.5 Å². The normalized spacial score (nSPS) is 25.5. The molecule has 2 unspecified atom stereocenters. The van der Waals surface area contributed by atoms with E-state index in [-0.39, 0.29) is 112 Å². The van der Waals surface area contributed by atoms with Gasteiger partial charge < -0.3 is 42.5 Å². The quantitative estimate of drug-likeness (QED) is 0.0395. The van der Waals surface area contributed by atoms with Crippen LogP contribution in [-0.4, -0.2) is 119 Å². The number of carbonyl (C=O) groups is 6. The summed E-state index contributed by atoms with van der Waals surface area (Å²) in [4.78, 5) is 72.4. The molecule has 0 radical (unpaired) electrons. The maximum Gasteiger partial charge on any atom is 0.315 e. The van der Waals surface area contributed by atoms with E-state index in [2.05, 4.69) is 64.9 Å². The largest absolute Gasteiger partial charge is 0.354 e. The van der Waals surface area contributed by atoms with Gasteiger partial charge in [-0.3, -0.25) is 19.2 Å². The number of hydrogen-bond acceptors (Lipinski definition) is 12. The number of nitrogens with one attached hydrogen (secondary N) is 8. The third kappa shape index (κ3) is 14.3. The van der Waals surface area contributed by atoms with Crippen molar-refractivity contribution in [2.24, 2.45) is 10.2 Å². The Kier molecular flexibility index (Phi) is 17.3. The summed E-state index contributed by atoms with van der Waals surface area (Å²) in [7, 11) is 0. The number of rotatable bonds is 24. The van der Waals surface area contributed by atoms with Crippen molar-refractivity contribution in [3.05, 3.63) is 0 Å². The van der Waals surface area contributed by atoms with Crippen molar-refractivity contribution in [2.75, 3.05) is 37.7 Å². The van der Waals surface area contributed by atoms with Crippen LogP contribution in [0.2, 0.25) is 0 Å². The Balaban J connectivity index is 1.00. The fraction of sp³-hybridized carbons (Fsp3) is 0.778. The molecule has 0 spiro atoms. The number of nitriles is 2. The fourth-order valence-electron chi connectivity index (χ4n) is 6.90. The molecule has 8 amide bonds. The smallest absolute Gasteiger partial charge is 0.315 e. The summed E-state index contributed by atoms with van der Waals surface area (Å²) in [6, 6.07) is 4.58. The van der Waals surface area contributed by atoms with Crippen LogP contribution in [-0.2, 0) is 19.2 Å². The van der Waals surface area contributed by atoms with Gasteiger partial charge in [-0.25, -0.2) is 9.59 Å². The third-order valence-corrected chi connectivity index (χ3v) is 13.4. The molecule has 0 aromatic heterocycles. The predicted molar refractivity (Wildman–Crippen MR) is 211 cm³/mol. The lowest BCUT2D eigenvalue weighted by Crippen LogP contribution is -2.37. The van der Waals surface area contributed by atoms with Gasteiger partial charge in [0, 0.05) is 73.9 Å². The first-order valence-electron chi connectivity index (χ1n) is 19.5. The zero-order chi connectivity index (χ0) is 40.6. The number of azo groups is 1. The highest BCUT2D eigenvalue weighted by Gasteiger charge is 2.43. The van der Waals surface area contributed by atoms with Crippen LogP contribution < -0.4 is 42.5 Å². The van der Waals surface area contributed by atoms with Crippen molar-refractivity contribution < 1.29 is 28.8 Å². The van der Waals surface area contributed by atoms with Crippen LogP contribution in [0.15, 0.2) is 10.2 Å². The van der Waals surface area contributed by atoms with Crippen LogP contribution in [0.4, 0.5) is 9.59 Å². The van der Waals surface area contributed by atoms with Gasteiger partial charge in [0.1, 0.15) is 0 Å². The topological polar surface area (TPSA) is 271 Å². The molecule has 4 fully saturated rings. The highest BCUT2D eigenvalue weighted by Crippen LogP contribution is 2.34. The molecular weight excluding hydrogens is 761 g/mol. The van der Waals surface area contributed by atoms with Crippen LogP contribution in [0.1, 0.15) is 90.9 Å². The summed E-state index contributed by atoms with van der Waals surface area (Å²) >= 11 is 3.70. The second-order valence-electron chi connectivity index (χ2n) is 15.1. The molecule has 4 heterocycles. The standard InChI is InChI=1S/C36H56N12O6S2/c1-35(21-37,13-11-29(51)41-17-15-39-27(49)9-5-3-7-25-31-23(19-55-25)43-33(53)45-31)47-48-36(2,22-38)14-12-30(52)42-18-16-40-28(50)10-6-4-8-26-32-24(20-56-26)44-34(54)46-32/h23-26,31-32H,3-20H2,1-2H3,(H,39,49)(H,40,50)(H,41,51)(H,42,52)(H2,43,45,53)(H2,44,46,54)/t23-,24-,25-,26-,31-,32-,35?,36?/m0/s1. The minimum atomic E-state index is -1.37. The van der Waals surface area contributed by atoms with E-state index in [9.17, 15) is 39.3 Å². The predicted octanol–water partition coefficient (Wildman–Crippen LogP) is 1.48. The van der Waals surface area contributed by atoms with Crippen molar-refractivity contribution in [1.29, 1.82) is 10.5 Å². The minimum Gasteiger partial charge on any atom is -0.354 e. The molecule has 0 aromatic carbocycles. The average molecular weight is 817 g/mol. The molecule has 56 heavy (non-hydrogen) atoms. The van der Waals surface area contributed by atoms with Gasteiger partial charge in [0.15, 0.2) is 11.1 Å². The van der Waals surface area contributed by atoms with Crippen molar-refractivity contribution in [2.45, 2.75) is 137 Å². The van der Waals surface area contributed by atoms with Gasteiger partial charge in [0.05, 0.1) is 36.3 Å². The highest BCUT2D eigenvalue weighted by atomic mass is 32.2. The molecule has 18 nitrogen and oxygen atoms in total. The summed E-state index contributed by atoms with van der Waals surface area (Å²) in [6.07, 6.45) is 5.93. The Morgan fingerprint density at radius 1 is 0.625 bits per heavy atom. The Hall–Kier alpha value is -4.30. The lowest BCUT2D eigenvalue weighted by Gasteiger charge is -2.19. The van der Waals surface area contributed by atoms with E-state index in [0.29, 0.717) is 23.3 Å². The van der Waals surface area contributed by atoms with Gasteiger partial charge in [0.25, 0.3) is 0 Å². The Bertz CT molecular complexity index is 1430. The molecule has 4 rings (SSSR count). The van der Waals surface area contributed by atoms with E-state index in [0.717, 1.165) is 50.0 Å². The average Bonchev–Trinajstić information content (AvgIpc) is 3.95. The van der Waals surface area contributed by atoms with Gasteiger partial charge in [0.2, 0.25) is 23.6 Å². The molecule has 4 aliphatic heterocycles. The van der Waals surface area contributed by atoms with Gasteiger partial charge >= 0.3 is 12.1 Å². The van der Waals surface area contributed by atoms with E-state index in [1.54, 1.807) is 0 Å². The van der Waals surface area contributed by atoms with Gasteiger partial charge in [-0.1, -0.05) is 12.8 Å². The summed E-state index contributed by atoms with van der Waals surface area (Å²) in [5.74, 6) is 0.985. The number of carbonyl (C=O) groups excluding carboxylic acids is 6. The van der Waals surface area contributed by atoms with Gasteiger partial charge in [-0.15, -0.1) is 0 Å². The third-order valence-electron chi connectivity index (χ3n) is 10.4. The number of hydrogen-bond donors (Lipinski definition) is 8. The first-order valence-corrected chi connectivity index (χ1v) is 21.6. The summed E-state index contributed by atoms with van der Waals surface area (Å²) < 4.78 is 0. The summed E-state index contributed by atoms with van der Waals surface area (Å²) in [5.41, 5.74) is -2.74. The van der Waals surface area contributed by atoms with Gasteiger partial charge in [-0.2, -0.15) is 44.3 Å². The monoisotopic (exact) mass is 816 g/mol. The molecule has 0 aromatic rings. The molecule has 20 heteroatoms. The molecule has 8 atom stereocenters. The first-order chi connectivity index (χ1) is 26.8. The van der Waals surface area contributed by atoms with E-state index in [1.807, 2.05) is 23.5 Å². The maximum atomic E-state index is 12.4. The second kappa shape index (κ2) is 21.9. The SMILES string of the molecule is CC(C#N)(CCC(=O)NCCNC(=O)CCCC[C@@H]1SC[C@@H]2NC(=O)N[C@@H]21)N=NC(C)(C#N)CCC(=O)NCCNC(=O)CCCC[C@@H]1SC[C@@H]2NC(=O)N[C@@H]21. The lowest BCUT2D eigenvalue weighted by atomic mass is 9.97. The number of nitrogens with zero attached hydrogens (tertiary/aromatic N) is 4. The maximum absolute atomic E-state index is 12.4.